The Morgan fingerprint density at radius 1 is 0.520 bits per heavy atom. The summed E-state index contributed by atoms with van der Waals surface area (Å²) in [6.45, 7) is 3.36. The monoisotopic (exact) mass is 670 g/mol. The third-order valence-corrected chi connectivity index (χ3v) is 9.50. The Balaban J connectivity index is 0.000000157. The summed E-state index contributed by atoms with van der Waals surface area (Å²) in [6, 6.07) is 39.3. The normalized spacial score (nSPS) is 21.6. The maximum Gasteiger partial charge on any atom is 0.410 e. The van der Waals surface area contributed by atoms with Crippen LogP contribution in [0.2, 0.25) is 0 Å². The van der Waals surface area contributed by atoms with E-state index in [0.29, 0.717) is 51.2 Å². The predicted octanol–water partition coefficient (Wildman–Crippen LogP) is 8.07. The highest BCUT2D eigenvalue weighted by Gasteiger charge is 2.38. The van der Waals surface area contributed by atoms with Crippen molar-refractivity contribution >= 4 is 12.2 Å². The van der Waals surface area contributed by atoms with Crippen molar-refractivity contribution in [3.63, 3.8) is 0 Å². The van der Waals surface area contributed by atoms with Gasteiger partial charge in [0.1, 0.15) is 36.9 Å². The van der Waals surface area contributed by atoms with Gasteiger partial charge in [-0.1, -0.05) is 97.1 Å². The fourth-order valence-electron chi connectivity index (χ4n) is 7.01. The second kappa shape index (κ2) is 15.8. The van der Waals surface area contributed by atoms with E-state index in [1.807, 2.05) is 121 Å². The van der Waals surface area contributed by atoms with Crippen molar-refractivity contribution < 1.29 is 28.5 Å². The number of carbonyl (C=O) groups is 2. The summed E-state index contributed by atoms with van der Waals surface area (Å²) in [5, 5.41) is 0. The number of rotatable bonds is 8. The van der Waals surface area contributed by atoms with Crippen molar-refractivity contribution in [2.45, 2.75) is 38.3 Å². The van der Waals surface area contributed by atoms with Gasteiger partial charge in [-0.25, -0.2) is 9.59 Å². The summed E-state index contributed by atoms with van der Waals surface area (Å²) in [7, 11) is 0. The van der Waals surface area contributed by atoms with E-state index in [2.05, 4.69) is 12.2 Å². The Labute approximate surface area is 293 Å². The molecule has 4 atom stereocenters. The molecular weight excluding hydrogens is 628 g/mol. The van der Waals surface area contributed by atoms with Crippen molar-refractivity contribution in [2.75, 3.05) is 26.2 Å². The highest BCUT2D eigenvalue weighted by molar-refractivity contribution is 5.69. The van der Waals surface area contributed by atoms with Gasteiger partial charge in [0.15, 0.2) is 0 Å². The number of ether oxygens (including phenoxy) is 4. The highest BCUT2D eigenvalue weighted by Crippen LogP contribution is 2.36. The van der Waals surface area contributed by atoms with Crippen molar-refractivity contribution in [3.05, 3.63) is 156 Å². The first-order valence-electron chi connectivity index (χ1n) is 17.3. The number of likely N-dealkylation sites (tertiary alicyclic amines) is 2. The molecule has 0 radical (unpaired) electrons. The fourth-order valence-corrected chi connectivity index (χ4v) is 7.01. The van der Waals surface area contributed by atoms with Crippen LogP contribution in [0.25, 0.3) is 0 Å². The predicted molar refractivity (Wildman–Crippen MR) is 190 cm³/mol. The van der Waals surface area contributed by atoms with Crippen LogP contribution >= 0.6 is 0 Å². The number of hydrogen-bond donors (Lipinski definition) is 0. The van der Waals surface area contributed by atoms with Crippen LogP contribution in [0.5, 0.6) is 11.5 Å². The van der Waals surface area contributed by atoms with Gasteiger partial charge in [-0.2, -0.15) is 0 Å². The third-order valence-electron chi connectivity index (χ3n) is 9.50. The molecule has 8 rings (SSSR count). The van der Waals surface area contributed by atoms with Crippen molar-refractivity contribution in [1.29, 1.82) is 0 Å². The van der Waals surface area contributed by atoms with Gasteiger partial charge < -0.3 is 28.7 Å². The number of para-hydroxylation sites is 2. The van der Waals surface area contributed by atoms with E-state index in [4.69, 9.17) is 18.9 Å². The quantitative estimate of drug-likeness (QED) is 0.177. The van der Waals surface area contributed by atoms with Crippen LogP contribution in [-0.2, 0) is 22.7 Å². The van der Waals surface area contributed by atoms with Crippen molar-refractivity contribution in [1.82, 2.24) is 9.80 Å². The Bertz CT molecular complexity index is 1650. The average molecular weight is 671 g/mol. The minimum atomic E-state index is -0.236. The van der Waals surface area contributed by atoms with Gasteiger partial charge in [0.25, 0.3) is 0 Å². The summed E-state index contributed by atoms with van der Waals surface area (Å²) in [5.41, 5.74) is 4.59. The molecule has 0 N–H and O–H groups in total. The second-order valence-electron chi connectivity index (χ2n) is 13.1. The van der Waals surface area contributed by atoms with Gasteiger partial charge in [-0.05, 0) is 71.5 Å². The Morgan fingerprint density at radius 3 is 1.24 bits per heavy atom. The Kier molecular flexibility index (Phi) is 10.4. The molecule has 4 aromatic carbocycles. The molecule has 8 nitrogen and oxygen atoms in total. The zero-order valence-corrected chi connectivity index (χ0v) is 28.0. The minimum absolute atomic E-state index is 0.102. The molecule has 2 fully saturated rings. The smallest absolute Gasteiger partial charge is 0.410 e. The summed E-state index contributed by atoms with van der Waals surface area (Å²) >= 11 is 0. The topological polar surface area (TPSA) is 77.5 Å². The zero-order chi connectivity index (χ0) is 34.1. The zero-order valence-electron chi connectivity index (χ0n) is 28.0. The second-order valence-corrected chi connectivity index (χ2v) is 13.1. The molecule has 2 heterocycles. The van der Waals surface area contributed by atoms with Gasteiger partial charge in [0, 0.05) is 38.0 Å². The first-order valence-corrected chi connectivity index (χ1v) is 17.3. The van der Waals surface area contributed by atoms with E-state index in [0.717, 1.165) is 35.5 Å². The molecule has 0 aromatic heterocycles. The van der Waals surface area contributed by atoms with Crippen LogP contribution in [0.15, 0.2) is 145 Å². The first-order chi connectivity index (χ1) is 24.6. The maximum absolute atomic E-state index is 12.3. The Morgan fingerprint density at radius 2 is 0.880 bits per heavy atom. The van der Waals surface area contributed by atoms with E-state index in [1.54, 1.807) is 9.80 Å². The number of hydrogen-bond acceptors (Lipinski definition) is 6. The van der Waals surface area contributed by atoms with E-state index in [9.17, 15) is 9.59 Å². The first kappa shape index (κ1) is 33.0. The summed E-state index contributed by atoms with van der Waals surface area (Å²) < 4.78 is 22.9. The largest absolute Gasteiger partial charge is 0.486 e. The van der Waals surface area contributed by atoms with Crippen molar-refractivity contribution in [2.24, 2.45) is 11.8 Å². The van der Waals surface area contributed by atoms with E-state index < -0.39 is 0 Å². The van der Waals surface area contributed by atoms with E-state index in [1.165, 1.54) is 11.1 Å². The summed E-state index contributed by atoms with van der Waals surface area (Å²) in [6.07, 6.45) is 5.91. The number of nitrogens with zero attached hydrogens (tertiary/aromatic N) is 2. The molecule has 8 heteroatoms. The number of benzene rings is 4. The molecule has 2 amide bonds. The molecule has 2 aliphatic carbocycles. The lowest BCUT2D eigenvalue weighted by Crippen LogP contribution is -2.30. The maximum atomic E-state index is 12.3. The van der Waals surface area contributed by atoms with Crippen LogP contribution in [0.4, 0.5) is 9.59 Å². The summed E-state index contributed by atoms with van der Waals surface area (Å²) in [4.78, 5) is 28.1. The van der Waals surface area contributed by atoms with E-state index in [-0.39, 0.29) is 24.4 Å². The number of amides is 2. The summed E-state index contributed by atoms with van der Waals surface area (Å²) in [5.74, 6) is 2.56. The van der Waals surface area contributed by atoms with Gasteiger partial charge in [0.2, 0.25) is 0 Å². The molecule has 2 saturated heterocycles. The van der Waals surface area contributed by atoms with Crippen LogP contribution in [0.3, 0.4) is 0 Å². The average Bonchev–Trinajstić information content (AvgIpc) is 3.92. The molecule has 0 spiro atoms. The molecular formula is C42H42N2O6. The number of fused-ring (bicyclic) bond motifs is 2. The molecule has 50 heavy (non-hydrogen) atoms. The molecule has 2 aliphatic heterocycles. The fraction of sp³-hybridized carbons (Fsp3) is 0.286. The molecule has 256 valence electrons. The van der Waals surface area contributed by atoms with E-state index >= 15 is 0 Å². The van der Waals surface area contributed by atoms with Crippen LogP contribution in [0.1, 0.15) is 24.0 Å². The van der Waals surface area contributed by atoms with Gasteiger partial charge in [0.05, 0.1) is 0 Å². The molecule has 0 saturated carbocycles. The molecule has 4 aliphatic rings. The third kappa shape index (κ3) is 8.55. The van der Waals surface area contributed by atoms with Crippen molar-refractivity contribution in [3.8, 4) is 11.5 Å². The van der Waals surface area contributed by atoms with Gasteiger partial charge >= 0.3 is 12.2 Å². The van der Waals surface area contributed by atoms with Gasteiger partial charge in [-0.3, -0.25) is 0 Å². The SMILES string of the molecule is O=C(OCc1ccccc1)N1CC2=C[C@@H](Oc3ccccc3)C[C@@H]2C1.O=C(OCc1ccccc1)N1CC2=C[C@H](Oc3ccccc3)C[C@H]2C1. The number of carbonyl (C=O) groups excluding carboxylic acids is 2. The Hall–Kier alpha value is -5.50. The minimum Gasteiger partial charge on any atom is -0.486 e. The van der Waals surface area contributed by atoms with Crippen LogP contribution in [0, 0.1) is 11.8 Å². The standard InChI is InChI=1S/2C21H21NO3/c2*23-21(24-15-16-7-3-1-4-8-16)22-13-17-11-20(12-18(17)14-22)25-19-9-5-2-6-10-19/h2*1-11,18,20H,12-15H2/t2*18-,20-/m10/s1. The lowest BCUT2D eigenvalue weighted by atomic mass is 10.1. The van der Waals surface area contributed by atoms with Crippen LogP contribution < -0.4 is 9.47 Å². The molecule has 0 unspecified atom stereocenters. The van der Waals surface area contributed by atoms with Crippen LogP contribution in [-0.4, -0.2) is 60.4 Å². The lowest BCUT2D eigenvalue weighted by Gasteiger charge is -2.18. The highest BCUT2D eigenvalue weighted by atomic mass is 16.6. The lowest BCUT2D eigenvalue weighted by molar-refractivity contribution is 0.101. The molecule has 4 aromatic rings. The molecule has 0 bridgehead atoms. The van der Waals surface area contributed by atoms with Gasteiger partial charge in [-0.15, -0.1) is 0 Å².